The van der Waals surface area contributed by atoms with Gasteiger partial charge in [0.25, 0.3) is 0 Å². The molecular formula is C23H36O3. The van der Waals surface area contributed by atoms with Gasteiger partial charge in [-0.15, -0.1) is 0 Å². The van der Waals surface area contributed by atoms with E-state index in [1.54, 1.807) is 0 Å². The Morgan fingerprint density at radius 1 is 1.19 bits per heavy atom. The summed E-state index contributed by atoms with van der Waals surface area (Å²) in [5, 5.41) is 10.1. The molecule has 0 saturated heterocycles. The smallest absolute Gasteiger partial charge is 0.162 e. The minimum Gasteiger partial charge on any atom is -0.393 e. The second kappa shape index (κ2) is 6.74. The molecule has 1 N–H and O–H groups in total. The van der Waals surface area contributed by atoms with Gasteiger partial charge in [-0.25, -0.2) is 0 Å². The number of carbonyl (C=O) groups is 1. The van der Waals surface area contributed by atoms with Crippen LogP contribution in [0.15, 0.2) is 11.6 Å². The van der Waals surface area contributed by atoms with E-state index in [1.807, 2.05) is 6.92 Å². The van der Waals surface area contributed by atoms with Crippen molar-refractivity contribution < 1.29 is 14.6 Å². The van der Waals surface area contributed by atoms with Crippen LogP contribution in [-0.2, 0) is 9.53 Å². The van der Waals surface area contributed by atoms with Crippen LogP contribution in [0.4, 0.5) is 0 Å². The van der Waals surface area contributed by atoms with Crippen molar-refractivity contribution in [3.63, 3.8) is 0 Å². The van der Waals surface area contributed by atoms with E-state index in [-0.39, 0.29) is 22.9 Å². The van der Waals surface area contributed by atoms with Crippen molar-refractivity contribution in [2.24, 2.45) is 34.5 Å². The first kappa shape index (κ1) is 18.7. The van der Waals surface area contributed by atoms with E-state index in [9.17, 15) is 9.90 Å². The maximum absolute atomic E-state index is 12.8. The molecule has 3 fully saturated rings. The normalized spacial score (nSPS) is 47.5. The lowest BCUT2D eigenvalue weighted by Crippen LogP contribution is -2.51. The zero-order valence-electron chi connectivity index (χ0n) is 16.8. The van der Waals surface area contributed by atoms with Crippen LogP contribution in [0.5, 0.6) is 0 Å². The monoisotopic (exact) mass is 360 g/mol. The molecular weight excluding hydrogens is 324 g/mol. The van der Waals surface area contributed by atoms with Crippen LogP contribution in [0, 0.1) is 34.5 Å². The Labute approximate surface area is 158 Å². The maximum atomic E-state index is 12.8. The van der Waals surface area contributed by atoms with Crippen LogP contribution in [-0.4, -0.2) is 30.2 Å². The molecule has 0 amide bonds. The number of allylic oxidation sites excluding steroid dienone is 1. The van der Waals surface area contributed by atoms with Crippen molar-refractivity contribution in [2.45, 2.75) is 78.2 Å². The summed E-state index contributed by atoms with van der Waals surface area (Å²) in [6.07, 6.45) is 11.2. The van der Waals surface area contributed by atoms with Gasteiger partial charge in [-0.1, -0.05) is 25.5 Å². The van der Waals surface area contributed by atoms with E-state index in [0.717, 1.165) is 43.9 Å². The summed E-state index contributed by atoms with van der Waals surface area (Å²) in [6.45, 7) is 7.77. The minimum atomic E-state index is -0.133. The molecule has 4 aliphatic carbocycles. The summed E-state index contributed by atoms with van der Waals surface area (Å²) < 4.78 is 5.45. The molecule has 26 heavy (non-hydrogen) atoms. The van der Waals surface area contributed by atoms with Crippen molar-refractivity contribution in [3.8, 4) is 0 Å². The molecule has 7 atom stereocenters. The number of Topliss-reactive ketones (excluding diaryl/α,β-unsaturated/α-hetero) is 1. The molecule has 7 unspecified atom stereocenters. The van der Waals surface area contributed by atoms with Crippen LogP contribution >= 0.6 is 0 Å². The van der Waals surface area contributed by atoms with E-state index in [0.29, 0.717) is 24.9 Å². The maximum Gasteiger partial charge on any atom is 0.162 e. The highest BCUT2D eigenvalue weighted by atomic mass is 16.5. The van der Waals surface area contributed by atoms with E-state index in [4.69, 9.17) is 4.74 Å². The number of hydrogen-bond donors (Lipinski definition) is 1. The Morgan fingerprint density at radius 3 is 2.77 bits per heavy atom. The summed E-state index contributed by atoms with van der Waals surface area (Å²) in [5.41, 5.74) is 1.99. The van der Waals surface area contributed by atoms with Gasteiger partial charge < -0.3 is 9.84 Å². The predicted octanol–water partition coefficient (Wildman–Crippen LogP) is 4.53. The molecule has 0 aliphatic heterocycles. The molecule has 0 aromatic rings. The lowest BCUT2D eigenvalue weighted by Gasteiger charge is -2.57. The van der Waals surface area contributed by atoms with Crippen LogP contribution in [0.2, 0.25) is 0 Å². The van der Waals surface area contributed by atoms with Gasteiger partial charge in [0.2, 0.25) is 0 Å². The molecule has 4 rings (SSSR count). The molecule has 3 nitrogen and oxygen atoms in total. The van der Waals surface area contributed by atoms with Crippen LogP contribution in [0.1, 0.15) is 72.1 Å². The quantitative estimate of drug-likeness (QED) is 0.749. The molecule has 3 heteroatoms. The van der Waals surface area contributed by atoms with Crippen molar-refractivity contribution in [2.75, 3.05) is 13.2 Å². The molecule has 4 aliphatic rings. The summed E-state index contributed by atoms with van der Waals surface area (Å²) >= 11 is 0. The average Bonchev–Trinajstić information content (AvgIpc) is 2.97. The zero-order chi connectivity index (χ0) is 18.5. The molecule has 0 aromatic carbocycles. The second-order valence-electron chi connectivity index (χ2n) is 9.93. The summed E-state index contributed by atoms with van der Waals surface area (Å²) in [7, 11) is 0. The predicted molar refractivity (Wildman–Crippen MR) is 103 cm³/mol. The van der Waals surface area contributed by atoms with Crippen LogP contribution in [0.25, 0.3) is 0 Å². The first-order valence-corrected chi connectivity index (χ1v) is 10.9. The standard InChI is InChI=1S/C23H36O3/c1-4-26-14-21(25)20-8-7-18-17-6-5-15-13-16(24)9-11-22(15,2)19(17)10-12-23(18,20)3/h5,16-20,24H,4,6-14H2,1-3H3. The Hall–Kier alpha value is -0.670. The number of fused-ring (bicyclic) bond motifs is 5. The Bertz CT molecular complexity index is 596. The molecule has 0 aromatic heterocycles. The molecule has 0 radical (unpaired) electrons. The number of ether oxygens (including phenoxy) is 1. The van der Waals surface area contributed by atoms with E-state index in [1.165, 1.54) is 24.8 Å². The fourth-order valence-corrected chi connectivity index (χ4v) is 7.47. The number of rotatable bonds is 4. The highest BCUT2D eigenvalue weighted by Gasteiger charge is 2.59. The van der Waals surface area contributed by atoms with Gasteiger partial charge in [0.15, 0.2) is 5.78 Å². The SMILES string of the molecule is CCOCC(=O)C1CCC2C3CC=C4CC(O)CCC4(C)C3CCC12C. The Morgan fingerprint density at radius 2 is 2.00 bits per heavy atom. The van der Waals surface area contributed by atoms with E-state index >= 15 is 0 Å². The summed E-state index contributed by atoms with van der Waals surface area (Å²) in [6, 6.07) is 0. The largest absolute Gasteiger partial charge is 0.393 e. The highest BCUT2D eigenvalue weighted by molar-refractivity contribution is 5.83. The van der Waals surface area contributed by atoms with Crippen molar-refractivity contribution >= 4 is 5.78 Å². The molecule has 3 saturated carbocycles. The summed E-state index contributed by atoms with van der Waals surface area (Å²) in [5.74, 6) is 2.69. The number of hydrogen-bond acceptors (Lipinski definition) is 3. The molecule has 146 valence electrons. The van der Waals surface area contributed by atoms with Gasteiger partial charge >= 0.3 is 0 Å². The molecule has 0 heterocycles. The van der Waals surface area contributed by atoms with E-state index < -0.39 is 0 Å². The number of carbonyl (C=O) groups excluding carboxylic acids is 1. The number of aliphatic hydroxyl groups is 1. The average molecular weight is 361 g/mol. The fourth-order valence-electron chi connectivity index (χ4n) is 7.47. The lowest BCUT2D eigenvalue weighted by molar-refractivity contribution is -0.134. The first-order chi connectivity index (χ1) is 12.4. The van der Waals surface area contributed by atoms with Crippen LogP contribution < -0.4 is 0 Å². The zero-order valence-corrected chi connectivity index (χ0v) is 16.8. The van der Waals surface area contributed by atoms with Crippen molar-refractivity contribution in [1.82, 2.24) is 0 Å². The topological polar surface area (TPSA) is 46.5 Å². The molecule has 0 spiro atoms. The lowest BCUT2D eigenvalue weighted by atomic mass is 9.47. The second-order valence-corrected chi connectivity index (χ2v) is 9.93. The highest BCUT2D eigenvalue weighted by Crippen LogP contribution is 2.66. The number of ketones is 1. The Kier molecular flexibility index (Phi) is 4.84. The third kappa shape index (κ3) is 2.73. The van der Waals surface area contributed by atoms with Gasteiger partial charge in [0.05, 0.1) is 6.10 Å². The van der Waals surface area contributed by atoms with Gasteiger partial charge in [0, 0.05) is 12.5 Å². The van der Waals surface area contributed by atoms with Crippen LogP contribution in [0.3, 0.4) is 0 Å². The summed E-state index contributed by atoms with van der Waals surface area (Å²) in [4.78, 5) is 12.8. The minimum absolute atomic E-state index is 0.133. The van der Waals surface area contributed by atoms with Crippen molar-refractivity contribution in [1.29, 1.82) is 0 Å². The number of aliphatic hydroxyl groups excluding tert-OH is 1. The van der Waals surface area contributed by atoms with E-state index in [2.05, 4.69) is 19.9 Å². The van der Waals surface area contributed by atoms with Gasteiger partial charge in [-0.05, 0) is 86.9 Å². The molecule has 0 bridgehead atoms. The fraction of sp³-hybridized carbons (Fsp3) is 0.870. The third-order valence-electron chi connectivity index (χ3n) is 8.92. The van der Waals surface area contributed by atoms with Gasteiger partial charge in [-0.3, -0.25) is 4.79 Å². The Balaban J connectivity index is 1.57. The third-order valence-corrected chi connectivity index (χ3v) is 8.92. The van der Waals surface area contributed by atoms with Gasteiger partial charge in [-0.2, -0.15) is 0 Å². The van der Waals surface area contributed by atoms with Gasteiger partial charge in [0.1, 0.15) is 6.61 Å². The first-order valence-electron chi connectivity index (χ1n) is 10.9. The van der Waals surface area contributed by atoms with Crippen molar-refractivity contribution in [3.05, 3.63) is 11.6 Å².